The zero-order chi connectivity index (χ0) is 25.0. The van der Waals surface area contributed by atoms with Gasteiger partial charge < -0.3 is 4.90 Å². The second-order valence-electron chi connectivity index (χ2n) is 12.2. The van der Waals surface area contributed by atoms with E-state index in [9.17, 15) is 13.2 Å². The van der Waals surface area contributed by atoms with Gasteiger partial charge in [0, 0.05) is 23.7 Å². The first-order chi connectivity index (χ1) is 17.2. The van der Waals surface area contributed by atoms with Gasteiger partial charge in [-0.3, -0.25) is 4.79 Å². The van der Waals surface area contributed by atoms with Gasteiger partial charge in [0.15, 0.2) is 0 Å². The quantitative estimate of drug-likeness (QED) is 0.567. The van der Waals surface area contributed by atoms with E-state index in [1.54, 1.807) is 0 Å². The summed E-state index contributed by atoms with van der Waals surface area (Å²) in [6.07, 6.45) is 4.25. The maximum absolute atomic E-state index is 14.4. The van der Waals surface area contributed by atoms with Crippen LogP contribution in [-0.2, 0) is 14.8 Å². The average molecular weight is 503 g/mol. The van der Waals surface area contributed by atoms with E-state index in [2.05, 4.69) is 68.3 Å². The number of fused-ring (bicyclic) bond motifs is 4. The summed E-state index contributed by atoms with van der Waals surface area (Å²) in [4.78, 5) is 16.6. The molecule has 36 heavy (non-hydrogen) atoms. The first-order valence-electron chi connectivity index (χ1n) is 13.3. The maximum atomic E-state index is 14.4. The average Bonchev–Trinajstić information content (AvgIpc) is 3.46. The first-order valence-corrected chi connectivity index (χ1v) is 14.9. The molecule has 0 radical (unpaired) electrons. The Bertz CT molecular complexity index is 1410. The molecular weight excluding hydrogens is 468 g/mol. The predicted molar refractivity (Wildman–Crippen MR) is 143 cm³/mol. The molecule has 5 aliphatic rings. The van der Waals surface area contributed by atoms with Crippen molar-refractivity contribution in [2.24, 2.45) is 22.7 Å². The molecule has 3 aliphatic carbocycles. The highest BCUT2D eigenvalue weighted by molar-refractivity contribution is 7.90. The van der Waals surface area contributed by atoms with Gasteiger partial charge in [-0.15, -0.1) is 0 Å². The Morgan fingerprint density at radius 1 is 1.00 bits per heavy atom. The smallest absolute Gasteiger partial charge is 0.241 e. The Kier molecular flexibility index (Phi) is 4.55. The molecular formula is C30H34N2O3S. The molecule has 1 unspecified atom stereocenters. The Labute approximate surface area is 214 Å². The number of carbonyl (C=O) groups is 1. The van der Waals surface area contributed by atoms with Crippen LogP contribution in [0.15, 0.2) is 54.6 Å². The number of rotatable bonds is 2. The molecule has 2 aliphatic heterocycles. The SMILES string of the molecule is CN1c2ccccc2C2=C(c3ccccc3)CC[C@@H](C(=O)N3C4C[C@H]5CC[C@@]4(CS3(=O)=O)C5(C)C)[C@@H]21. The van der Waals surface area contributed by atoms with E-state index in [1.165, 1.54) is 26.6 Å². The monoisotopic (exact) mass is 502 g/mol. The lowest BCUT2D eigenvalue weighted by Crippen LogP contribution is -2.51. The minimum atomic E-state index is -3.64. The first kappa shape index (κ1) is 22.6. The fraction of sp³-hybridized carbons (Fsp3) is 0.500. The van der Waals surface area contributed by atoms with Gasteiger partial charge in [-0.1, -0.05) is 62.4 Å². The molecule has 6 heteroatoms. The van der Waals surface area contributed by atoms with Crippen molar-refractivity contribution in [1.82, 2.24) is 4.31 Å². The topological polar surface area (TPSA) is 57.7 Å². The molecule has 5 atom stereocenters. The molecule has 5 nitrogen and oxygen atoms in total. The summed E-state index contributed by atoms with van der Waals surface area (Å²) >= 11 is 0. The molecule has 2 bridgehead atoms. The molecule has 1 amide bonds. The van der Waals surface area contributed by atoms with Gasteiger partial charge in [0.05, 0.1) is 23.8 Å². The van der Waals surface area contributed by atoms with Crippen LogP contribution >= 0.6 is 0 Å². The number of anilines is 1. The molecule has 0 N–H and O–H groups in total. The number of hydrogen-bond donors (Lipinski definition) is 0. The highest BCUT2D eigenvalue weighted by atomic mass is 32.2. The van der Waals surface area contributed by atoms with Crippen LogP contribution in [0, 0.1) is 22.7 Å². The number of para-hydroxylation sites is 1. The Morgan fingerprint density at radius 3 is 2.47 bits per heavy atom. The van der Waals surface area contributed by atoms with Gasteiger partial charge in [-0.05, 0) is 66.2 Å². The van der Waals surface area contributed by atoms with Crippen molar-refractivity contribution < 1.29 is 13.2 Å². The number of hydrogen-bond acceptors (Lipinski definition) is 4. The number of nitrogens with zero attached hydrogens (tertiary/aromatic N) is 2. The largest absolute Gasteiger partial charge is 0.366 e. The van der Waals surface area contributed by atoms with E-state index in [4.69, 9.17) is 0 Å². The third-order valence-electron chi connectivity index (χ3n) is 10.8. The molecule has 2 saturated carbocycles. The van der Waals surface area contributed by atoms with Crippen LogP contribution in [0.25, 0.3) is 11.1 Å². The summed E-state index contributed by atoms with van der Waals surface area (Å²) in [5.74, 6) is 0.0791. The highest BCUT2D eigenvalue weighted by Gasteiger charge is 2.72. The fourth-order valence-electron chi connectivity index (χ4n) is 8.86. The number of benzene rings is 2. The Morgan fingerprint density at radius 2 is 1.72 bits per heavy atom. The minimum Gasteiger partial charge on any atom is -0.366 e. The van der Waals surface area contributed by atoms with Crippen LogP contribution in [0.5, 0.6) is 0 Å². The van der Waals surface area contributed by atoms with E-state index in [-0.39, 0.29) is 40.5 Å². The summed E-state index contributed by atoms with van der Waals surface area (Å²) in [7, 11) is -1.58. The number of allylic oxidation sites excluding steroid dienone is 1. The molecule has 2 aromatic rings. The van der Waals surface area contributed by atoms with Crippen LogP contribution in [0.1, 0.15) is 57.1 Å². The normalized spacial score (nSPS) is 35.1. The highest BCUT2D eigenvalue weighted by Crippen LogP contribution is 2.70. The molecule has 7 rings (SSSR count). The molecule has 2 heterocycles. The van der Waals surface area contributed by atoms with Crippen molar-refractivity contribution >= 4 is 32.8 Å². The van der Waals surface area contributed by atoms with Crippen LogP contribution in [0.3, 0.4) is 0 Å². The predicted octanol–water partition coefficient (Wildman–Crippen LogP) is 5.19. The van der Waals surface area contributed by atoms with Crippen molar-refractivity contribution in [3.05, 3.63) is 65.7 Å². The third kappa shape index (κ3) is 2.66. The fourth-order valence-corrected chi connectivity index (χ4v) is 11.4. The van der Waals surface area contributed by atoms with E-state index in [0.29, 0.717) is 12.3 Å². The number of sulfonamides is 1. The second-order valence-corrected chi connectivity index (χ2v) is 14.1. The van der Waals surface area contributed by atoms with Gasteiger partial charge in [-0.2, -0.15) is 0 Å². The molecule has 3 fully saturated rings. The lowest BCUT2D eigenvalue weighted by Gasteiger charge is -2.40. The number of likely N-dealkylation sites (N-methyl/N-ethyl adjacent to an activating group) is 1. The van der Waals surface area contributed by atoms with Crippen LogP contribution in [-0.4, -0.2) is 43.5 Å². The van der Waals surface area contributed by atoms with Crippen molar-refractivity contribution in [2.75, 3.05) is 17.7 Å². The van der Waals surface area contributed by atoms with Crippen LogP contribution < -0.4 is 4.90 Å². The standard InChI is InChI=1S/C30H34N2O3S/c1-29(2)20-15-16-30(29)18-36(34,35)32(25(30)17-20)28(33)23-14-13-21(19-9-5-4-6-10-19)26-22-11-7-8-12-24(22)31(3)27(23)26/h4-12,20,23,25,27H,13-18H2,1-3H3/t20-,23-,25?,27+,30+/m1/s1. The number of carbonyl (C=O) groups excluding carboxylic acids is 1. The van der Waals surface area contributed by atoms with Gasteiger partial charge in [0.1, 0.15) is 0 Å². The summed E-state index contributed by atoms with van der Waals surface area (Å²) in [5.41, 5.74) is 5.62. The van der Waals surface area contributed by atoms with Crippen LogP contribution in [0.4, 0.5) is 5.69 Å². The minimum absolute atomic E-state index is 0.0434. The molecule has 188 valence electrons. The maximum Gasteiger partial charge on any atom is 0.241 e. The van der Waals surface area contributed by atoms with Crippen molar-refractivity contribution in [1.29, 1.82) is 0 Å². The lowest BCUT2D eigenvalue weighted by molar-refractivity contribution is -0.133. The molecule has 2 aromatic carbocycles. The van der Waals surface area contributed by atoms with Gasteiger partial charge in [-0.25, -0.2) is 12.7 Å². The zero-order valence-electron chi connectivity index (χ0n) is 21.3. The van der Waals surface area contributed by atoms with Crippen molar-refractivity contribution in [3.63, 3.8) is 0 Å². The summed E-state index contributed by atoms with van der Waals surface area (Å²) in [6, 6.07) is 18.5. The third-order valence-corrected chi connectivity index (χ3v) is 12.7. The summed E-state index contributed by atoms with van der Waals surface area (Å²) < 4.78 is 28.8. The van der Waals surface area contributed by atoms with E-state index < -0.39 is 10.0 Å². The van der Waals surface area contributed by atoms with Gasteiger partial charge >= 0.3 is 0 Å². The van der Waals surface area contributed by atoms with E-state index in [0.717, 1.165) is 31.4 Å². The zero-order valence-corrected chi connectivity index (χ0v) is 22.1. The molecule has 1 spiro atoms. The van der Waals surface area contributed by atoms with Crippen LogP contribution in [0.2, 0.25) is 0 Å². The summed E-state index contributed by atoms with van der Waals surface area (Å²) in [6.45, 7) is 4.48. The second kappa shape index (κ2) is 7.25. The van der Waals surface area contributed by atoms with Crippen molar-refractivity contribution in [2.45, 2.75) is 58.0 Å². The Hall–Kier alpha value is -2.60. The van der Waals surface area contributed by atoms with Gasteiger partial charge in [0.2, 0.25) is 15.9 Å². The molecule has 1 saturated heterocycles. The number of amides is 1. The Balaban J connectivity index is 1.33. The van der Waals surface area contributed by atoms with Gasteiger partial charge in [0.25, 0.3) is 0 Å². The van der Waals surface area contributed by atoms with Crippen molar-refractivity contribution in [3.8, 4) is 0 Å². The lowest BCUT2D eigenvalue weighted by atomic mass is 9.69. The van der Waals surface area contributed by atoms with E-state index >= 15 is 0 Å². The molecule has 0 aromatic heterocycles. The summed E-state index contributed by atoms with van der Waals surface area (Å²) in [5, 5.41) is 0. The van der Waals surface area contributed by atoms with E-state index in [1.807, 2.05) is 12.1 Å².